The van der Waals surface area contributed by atoms with E-state index in [1.54, 1.807) is 19.0 Å². The van der Waals surface area contributed by atoms with Crippen LogP contribution in [0.4, 0.5) is 0 Å². The van der Waals surface area contributed by atoms with Crippen molar-refractivity contribution in [3.05, 3.63) is 30.3 Å². The second-order valence-electron chi connectivity index (χ2n) is 7.46. The zero-order valence-electron chi connectivity index (χ0n) is 15.8. The number of hydrogen-bond acceptors (Lipinski definition) is 4. The highest BCUT2D eigenvalue weighted by Gasteiger charge is 2.41. The number of nitrogens with zero attached hydrogens (tertiary/aromatic N) is 3. The van der Waals surface area contributed by atoms with Gasteiger partial charge < -0.3 is 19.4 Å². The van der Waals surface area contributed by atoms with E-state index in [2.05, 4.69) is 4.90 Å². The maximum Gasteiger partial charge on any atom is 0.241 e. The molecule has 0 spiro atoms. The fourth-order valence-corrected chi connectivity index (χ4v) is 3.80. The van der Waals surface area contributed by atoms with Crippen LogP contribution < -0.4 is 4.74 Å². The number of carbonyl (C=O) groups excluding carboxylic acids is 2. The molecule has 4 rings (SSSR count). The summed E-state index contributed by atoms with van der Waals surface area (Å²) in [7, 11) is 3.48. The van der Waals surface area contributed by atoms with Crippen LogP contribution in [-0.2, 0) is 9.59 Å². The molecule has 1 aromatic carbocycles. The molecule has 6 nitrogen and oxygen atoms in total. The fraction of sp³-hybridized carbons (Fsp3) is 0.600. The quantitative estimate of drug-likeness (QED) is 0.692. The molecule has 6 heteroatoms. The van der Waals surface area contributed by atoms with E-state index in [0.717, 1.165) is 44.6 Å². The number of likely N-dealkylation sites (N-methyl/N-ethyl adjacent to an activating group) is 1. The molecule has 3 aliphatic rings. The van der Waals surface area contributed by atoms with E-state index in [1.165, 1.54) is 0 Å². The molecule has 3 heterocycles. The summed E-state index contributed by atoms with van der Waals surface area (Å²) in [5, 5.41) is 0. The van der Waals surface area contributed by atoms with E-state index in [9.17, 15) is 9.59 Å². The summed E-state index contributed by atoms with van der Waals surface area (Å²) in [4.78, 5) is 30.5. The molecule has 2 bridgehead atoms. The molecule has 2 atom stereocenters. The smallest absolute Gasteiger partial charge is 0.241 e. The summed E-state index contributed by atoms with van der Waals surface area (Å²) < 4.78 is 5.76. The van der Waals surface area contributed by atoms with Crippen molar-refractivity contribution in [2.24, 2.45) is 5.92 Å². The molecule has 0 radical (unpaired) electrons. The first kappa shape index (κ1) is 18.7. The molecular weight excluding hydrogens is 330 g/mol. The Hall–Kier alpha value is -2.08. The first-order valence-corrected chi connectivity index (χ1v) is 9.45. The molecule has 0 aromatic heterocycles. The van der Waals surface area contributed by atoms with Crippen LogP contribution in [0.25, 0.3) is 0 Å². The molecule has 2 amide bonds. The molecule has 3 saturated heterocycles. The lowest BCUT2D eigenvalue weighted by atomic mass is 9.94. The standard InChI is InChI=1S/C20H29N3O3/c1-21(2)19(24)15-23-17-10-9-16(20(23)25)13-22(14-17)11-6-12-26-18-7-4-3-5-8-18/h3-5,7-8,16-17H,6,9-15H2,1-2H3/t16-,17+/m0/s1. The van der Waals surface area contributed by atoms with Gasteiger partial charge in [-0.3, -0.25) is 9.59 Å². The first-order valence-electron chi connectivity index (χ1n) is 9.45. The van der Waals surface area contributed by atoms with Crippen molar-refractivity contribution in [3.8, 4) is 5.75 Å². The number of piperidine rings is 1. The average molecular weight is 359 g/mol. The Morgan fingerprint density at radius 2 is 1.96 bits per heavy atom. The minimum Gasteiger partial charge on any atom is -0.494 e. The van der Waals surface area contributed by atoms with Gasteiger partial charge in [0.15, 0.2) is 0 Å². The van der Waals surface area contributed by atoms with Gasteiger partial charge in [0.2, 0.25) is 11.8 Å². The Morgan fingerprint density at radius 3 is 2.69 bits per heavy atom. The molecule has 3 aliphatic heterocycles. The second kappa shape index (κ2) is 8.54. The van der Waals surface area contributed by atoms with Crippen LogP contribution in [0.3, 0.4) is 0 Å². The maximum atomic E-state index is 12.7. The SMILES string of the molecule is CN(C)C(=O)CN1C(=O)[C@H]2CC[C@@H]1CN(CCCOc1ccccc1)C2. The third kappa shape index (κ3) is 4.55. The molecule has 1 aromatic rings. The summed E-state index contributed by atoms with van der Waals surface area (Å²) in [6.45, 7) is 3.45. The number of rotatable bonds is 7. The largest absolute Gasteiger partial charge is 0.494 e. The Labute approximate surface area is 155 Å². The van der Waals surface area contributed by atoms with Gasteiger partial charge in [-0.05, 0) is 31.4 Å². The summed E-state index contributed by atoms with van der Waals surface area (Å²) in [5.74, 6) is 1.07. The van der Waals surface area contributed by atoms with Crippen LogP contribution in [0.15, 0.2) is 30.3 Å². The van der Waals surface area contributed by atoms with Crippen molar-refractivity contribution in [2.45, 2.75) is 25.3 Å². The predicted molar refractivity (Wildman–Crippen MR) is 99.9 cm³/mol. The number of carbonyl (C=O) groups is 2. The van der Waals surface area contributed by atoms with Gasteiger partial charge in [-0.1, -0.05) is 18.2 Å². The lowest BCUT2D eigenvalue weighted by molar-refractivity contribution is -0.145. The fourth-order valence-electron chi connectivity index (χ4n) is 3.80. The van der Waals surface area contributed by atoms with Gasteiger partial charge in [0.1, 0.15) is 12.3 Å². The van der Waals surface area contributed by atoms with E-state index >= 15 is 0 Å². The predicted octanol–water partition coefficient (Wildman–Crippen LogP) is 1.47. The van der Waals surface area contributed by atoms with Crippen molar-refractivity contribution in [1.82, 2.24) is 14.7 Å². The lowest BCUT2D eigenvalue weighted by Crippen LogP contribution is -2.51. The summed E-state index contributed by atoms with van der Waals surface area (Å²) in [6, 6.07) is 9.99. The Bertz CT molecular complexity index is 620. The van der Waals surface area contributed by atoms with Gasteiger partial charge >= 0.3 is 0 Å². The normalized spacial score (nSPS) is 23.0. The van der Waals surface area contributed by atoms with E-state index in [4.69, 9.17) is 4.74 Å². The summed E-state index contributed by atoms with van der Waals surface area (Å²) in [5.41, 5.74) is 0. The Kier molecular flexibility index (Phi) is 6.14. The van der Waals surface area contributed by atoms with Crippen molar-refractivity contribution in [2.75, 3.05) is 46.9 Å². The molecule has 26 heavy (non-hydrogen) atoms. The highest BCUT2D eigenvalue weighted by molar-refractivity contribution is 5.86. The number of para-hydroxylation sites is 1. The van der Waals surface area contributed by atoms with E-state index in [0.29, 0.717) is 6.61 Å². The lowest BCUT2D eigenvalue weighted by Gasteiger charge is -2.36. The summed E-state index contributed by atoms with van der Waals surface area (Å²) >= 11 is 0. The molecule has 0 N–H and O–H groups in total. The highest BCUT2D eigenvalue weighted by Crippen LogP contribution is 2.29. The monoisotopic (exact) mass is 359 g/mol. The molecule has 142 valence electrons. The number of hydrogen-bond donors (Lipinski definition) is 0. The number of fused-ring (bicyclic) bond motifs is 4. The Morgan fingerprint density at radius 1 is 1.19 bits per heavy atom. The number of amides is 2. The average Bonchev–Trinajstić information content (AvgIpc) is 2.91. The van der Waals surface area contributed by atoms with Crippen LogP contribution in [0.1, 0.15) is 19.3 Å². The molecule has 0 unspecified atom stereocenters. The van der Waals surface area contributed by atoms with E-state index in [-0.39, 0.29) is 30.3 Å². The second-order valence-corrected chi connectivity index (χ2v) is 7.46. The van der Waals surface area contributed by atoms with Gasteiger partial charge in [-0.15, -0.1) is 0 Å². The minimum atomic E-state index is -0.00582. The van der Waals surface area contributed by atoms with Gasteiger partial charge in [0.25, 0.3) is 0 Å². The zero-order chi connectivity index (χ0) is 18.5. The molecule has 0 saturated carbocycles. The van der Waals surface area contributed by atoms with Gasteiger partial charge in [-0.2, -0.15) is 0 Å². The Balaban J connectivity index is 1.50. The highest BCUT2D eigenvalue weighted by atomic mass is 16.5. The third-order valence-corrected chi connectivity index (χ3v) is 5.30. The first-order chi connectivity index (χ1) is 12.5. The van der Waals surface area contributed by atoms with E-state index in [1.807, 2.05) is 35.2 Å². The maximum absolute atomic E-state index is 12.7. The van der Waals surface area contributed by atoms with Gasteiger partial charge in [0.05, 0.1) is 12.5 Å². The van der Waals surface area contributed by atoms with Crippen LogP contribution in [0, 0.1) is 5.92 Å². The van der Waals surface area contributed by atoms with Crippen LogP contribution in [-0.4, -0.2) is 79.4 Å². The van der Waals surface area contributed by atoms with Crippen molar-refractivity contribution < 1.29 is 14.3 Å². The number of benzene rings is 1. The topological polar surface area (TPSA) is 53.1 Å². The van der Waals surface area contributed by atoms with Crippen LogP contribution in [0.5, 0.6) is 5.75 Å². The van der Waals surface area contributed by atoms with E-state index < -0.39 is 0 Å². The van der Waals surface area contributed by atoms with Crippen LogP contribution >= 0.6 is 0 Å². The van der Waals surface area contributed by atoms with Crippen molar-refractivity contribution in [1.29, 1.82) is 0 Å². The number of ether oxygens (including phenoxy) is 1. The van der Waals surface area contributed by atoms with Gasteiger partial charge in [-0.25, -0.2) is 0 Å². The van der Waals surface area contributed by atoms with Crippen molar-refractivity contribution >= 4 is 11.8 Å². The molecule has 3 fully saturated rings. The van der Waals surface area contributed by atoms with Crippen molar-refractivity contribution in [3.63, 3.8) is 0 Å². The zero-order valence-corrected chi connectivity index (χ0v) is 15.8. The molecule has 0 aliphatic carbocycles. The third-order valence-electron chi connectivity index (χ3n) is 5.30. The van der Waals surface area contributed by atoms with Gasteiger partial charge in [0, 0.05) is 39.8 Å². The van der Waals surface area contributed by atoms with Crippen LogP contribution in [0.2, 0.25) is 0 Å². The minimum absolute atomic E-state index is 0.00582. The summed E-state index contributed by atoms with van der Waals surface area (Å²) in [6.07, 6.45) is 2.86. The molecular formula is C20H29N3O3.